The van der Waals surface area contributed by atoms with E-state index in [0.717, 1.165) is 68.2 Å². The van der Waals surface area contributed by atoms with Crippen molar-refractivity contribution in [1.29, 1.82) is 0 Å². The number of esters is 2. The molecule has 3 aliphatic carbocycles. The topological polar surface area (TPSA) is 110 Å². The zero-order valence-corrected chi connectivity index (χ0v) is 31.1. The van der Waals surface area contributed by atoms with Crippen LogP contribution in [0, 0.1) is 17.3 Å². The van der Waals surface area contributed by atoms with E-state index < -0.39 is 22.9 Å². The van der Waals surface area contributed by atoms with Gasteiger partial charge in [-0.3, -0.25) is 4.79 Å². The SMILES string of the molecule is CC(C)[C@]12O[C@H]1[C@@H]1O[C@]13[C@]1(O[C@H]1C[C@H]1C4=C(CC[C@@]13C)C(=O)OC4)[C@@H]2OC(=O)CCCCCCCC[n+]1ccc(/C=C/c2c[nH]c3ccccc23)cc1. The third-order valence-corrected chi connectivity index (χ3v) is 14.4. The quantitative estimate of drug-likeness (QED) is 0.0875. The average molecular weight is 720 g/mol. The van der Waals surface area contributed by atoms with Crippen molar-refractivity contribution in [3.63, 3.8) is 0 Å². The van der Waals surface area contributed by atoms with Crippen LogP contribution in [0.3, 0.4) is 0 Å². The zero-order valence-electron chi connectivity index (χ0n) is 31.1. The maximum Gasteiger partial charge on any atom is 0.334 e. The summed E-state index contributed by atoms with van der Waals surface area (Å²) in [4.78, 5) is 29.4. The van der Waals surface area contributed by atoms with Gasteiger partial charge >= 0.3 is 11.9 Å². The minimum absolute atomic E-state index is 0.0747. The lowest BCUT2D eigenvalue weighted by atomic mass is 9.46. The smallest absolute Gasteiger partial charge is 0.334 e. The third-order valence-electron chi connectivity index (χ3n) is 14.4. The number of hydrogen-bond acceptors (Lipinski definition) is 7. The highest BCUT2D eigenvalue weighted by atomic mass is 16.8. The third kappa shape index (κ3) is 4.82. The van der Waals surface area contributed by atoms with E-state index in [4.69, 9.17) is 23.7 Å². The second kappa shape index (κ2) is 12.1. The highest BCUT2D eigenvalue weighted by Crippen LogP contribution is 2.83. The van der Waals surface area contributed by atoms with Crippen molar-refractivity contribution in [3.8, 4) is 0 Å². The summed E-state index contributed by atoms with van der Waals surface area (Å²) in [5, 5.41) is 1.24. The molecule has 10 rings (SSSR count). The molecule has 1 aromatic carbocycles. The molecule has 0 unspecified atom stereocenters. The number of benzene rings is 1. The van der Waals surface area contributed by atoms with Gasteiger partial charge in [0, 0.05) is 53.1 Å². The van der Waals surface area contributed by atoms with Crippen molar-refractivity contribution >= 4 is 35.0 Å². The van der Waals surface area contributed by atoms with Gasteiger partial charge in [-0.25, -0.2) is 9.36 Å². The van der Waals surface area contributed by atoms with Gasteiger partial charge in [0.05, 0.1) is 6.10 Å². The molecule has 9 heteroatoms. The molecular weight excluding hydrogens is 668 g/mol. The predicted molar refractivity (Wildman–Crippen MR) is 197 cm³/mol. The fourth-order valence-electron chi connectivity index (χ4n) is 11.5. The lowest BCUT2D eigenvalue weighted by Gasteiger charge is -2.53. The summed E-state index contributed by atoms with van der Waals surface area (Å²) in [6.07, 6.45) is 19.1. The van der Waals surface area contributed by atoms with Crippen molar-refractivity contribution in [2.45, 2.75) is 133 Å². The monoisotopic (exact) mass is 719 g/mol. The molecule has 0 amide bonds. The molecule has 4 aliphatic heterocycles. The fourth-order valence-corrected chi connectivity index (χ4v) is 11.5. The lowest BCUT2D eigenvalue weighted by molar-refractivity contribution is -0.697. The Labute approximate surface area is 311 Å². The Bertz CT molecular complexity index is 2030. The fraction of sp³-hybridized carbons (Fsp3) is 0.568. The van der Waals surface area contributed by atoms with E-state index in [9.17, 15) is 9.59 Å². The molecule has 5 fully saturated rings. The summed E-state index contributed by atoms with van der Waals surface area (Å²) in [6.45, 7) is 8.02. The van der Waals surface area contributed by atoms with Gasteiger partial charge in [0.1, 0.15) is 36.6 Å². The van der Waals surface area contributed by atoms with Gasteiger partial charge in [0.25, 0.3) is 0 Å². The number of cyclic esters (lactones) is 1. The molecule has 7 aliphatic rings. The number of hydrogen-bond donors (Lipinski definition) is 1. The van der Waals surface area contributed by atoms with E-state index in [-0.39, 0.29) is 47.5 Å². The number of pyridine rings is 1. The molecule has 3 saturated heterocycles. The minimum Gasteiger partial charge on any atom is -0.458 e. The van der Waals surface area contributed by atoms with Crippen molar-refractivity contribution < 1.29 is 37.8 Å². The van der Waals surface area contributed by atoms with Gasteiger partial charge in [-0.05, 0) is 66.7 Å². The van der Waals surface area contributed by atoms with Crippen LogP contribution in [0.2, 0.25) is 0 Å². The number of para-hydroxylation sites is 1. The summed E-state index contributed by atoms with van der Waals surface area (Å²) in [6, 6.07) is 12.7. The molecule has 2 saturated carbocycles. The van der Waals surface area contributed by atoms with Crippen molar-refractivity contribution in [3.05, 3.63) is 77.3 Å². The van der Waals surface area contributed by atoms with Crippen molar-refractivity contribution in [1.82, 2.24) is 4.98 Å². The van der Waals surface area contributed by atoms with Gasteiger partial charge in [0.2, 0.25) is 0 Å². The molecule has 3 aromatic rings. The van der Waals surface area contributed by atoms with E-state index in [2.05, 4.69) is 97.5 Å². The van der Waals surface area contributed by atoms with E-state index >= 15 is 0 Å². The van der Waals surface area contributed by atoms with Crippen LogP contribution in [-0.4, -0.2) is 64.7 Å². The first-order chi connectivity index (χ1) is 25.7. The number of H-pyrrole nitrogens is 1. The summed E-state index contributed by atoms with van der Waals surface area (Å²) in [5.41, 5.74) is 3.47. The van der Waals surface area contributed by atoms with Crippen LogP contribution >= 0.6 is 0 Å². The average Bonchev–Trinajstić information content (AvgIpc) is 4.10. The normalized spacial score (nSPS) is 37.1. The standard InChI is InChI=1S/C44H50N2O7/c1-27(2)42-37(52-42)38-44(53-38)41(3)20-17-31-32(26-49-39(31)48)33(41)24-35-43(44,51-35)40(42)50-36(47)14-8-6-4-5-7-11-21-46-22-18-28(19-23-46)15-16-29-25-45-34-13-10-9-12-30(29)34/h9-10,12-13,15-16,18-19,22-23,25,27,33,35,37-38,40H,4-8,11,14,17,20-21,24,26H2,1-3H3/p+1/t33-,35-,37-,38-,40+,41-,42-,43+,44+/m0/s1. The van der Waals surface area contributed by atoms with E-state index in [1.54, 1.807) is 0 Å². The van der Waals surface area contributed by atoms with Gasteiger partial charge in [0.15, 0.2) is 24.1 Å². The van der Waals surface area contributed by atoms with Crippen molar-refractivity contribution in [2.24, 2.45) is 17.3 Å². The minimum atomic E-state index is -0.690. The van der Waals surface area contributed by atoms with E-state index in [0.29, 0.717) is 19.4 Å². The number of nitrogens with zero attached hydrogens (tertiary/aromatic N) is 1. The second-order valence-electron chi connectivity index (χ2n) is 17.2. The second-order valence-corrected chi connectivity index (χ2v) is 17.2. The van der Waals surface area contributed by atoms with Crippen LogP contribution in [0.4, 0.5) is 0 Å². The van der Waals surface area contributed by atoms with Crippen LogP contribution in [0.25, 0.3) is 23.1 Å². The number of unbranched alkanes of at least 4 members (excludes halogenated alkanes) is 5. The van der Waals surface area contributed by atoms with E-state index in [1.165, 1.54) is 22.9 Å². The molecule has 53 heavy (non-hydrogen) atoms. The Morgan fingerprint density at radius 1 is 1.00 bits per heavy atom. The van der Waals surface area contributed by atoms with Gasteiger partial charge in [-0.1, -0.05) is 70.4 Å². The highest BCUT2D eigenvalue weighted by molar-refractivity contribution is 5.92. The number of carbonyl (C=O) groups excluding carboxylic acids is 2. The van der Waals surface area contributed by atoms with Gasteiger partial charge in [-0.15, -0.1) is 0 Å². The molecule has 2 aromatic heterocycles. The lowest BCUT2D eigenvalue weighted by Crippen LogP contribution is -2.70. The number of carbonyl (C=O) groups is 2. The maximum atomic E-state index is 13.6. The molecule has 278 valence electrons. The first-order valence-corrected chi connectivity index (χ1v) is 20.1. The summed E-state index contributed by atoms with van der Waals surface area (Å²) < 4.78 is 34.4. The Kier molecular flexibility index (Phi) is 7.71. The van der Waals surface area contributed by atoms with E-state index in [1.807, 2.05) is 0 Å². The van der Waals surface area contributed by atoms with Gasteiger partial charge < -0.3 is 28.7 Å². The number of fused-ring (bicyclic) bond motifs is 5. The molecule has 1 N–H and O–H groups in total. The molecule has 9 nitrogen and oxygen atoms in total. The molecule has 2 spiro atoms. The number of nitrogens with one attached hydrogen (secondary N) is 1. The Hall–Kier alpha value is -3.79. The predicted octanol–water partition coefficient (Wildman–Crippen LogP) is 7.02. The summed E-state index contributed by atoms with van der Waals surface area (Å²) in [7, 11) is 0. The largest absolute Gasteiger partial charge is 0.458 e. The van der Waals surface area contributed by atoms with Crippen LogP contribution < -0.4 is 4.57 Å². The Balaban J connectivity index is 0.701. The summed E-state index contributed by atoms with van der Waals surface area (Å²) >= 11 is 0. The first-order valence-electron chi connectivity index (χ1n) is 20.1. The molecule has 0 radical (unpaired) electrons. The van der Waals surface area contributed by atoms with Crippen LogP contribution in [0.1, 0.15) is 96.1 Å². The maximum absolute atomic E-state index is 13.6. The van der Waals surface area contributed by atoms with Crippen LogP contribution in [-0.2, 0) is 39.8 Å². The molecule has 0 bridgehead atoms. The number of aryl methyl sites for hydroxylation is 1. The Morgan fingerprint density at radius 3 is 2.62 bits per heavy atom. The van der Waals surface area contributed by atoms with Crippen molar-refractivity contribution in [2.75, 3.05) is 6.61 Å². The van der Waals surface area contributed by atoms with Crippen LogP contribution in [0.15, 0.2) is 66.1 Å². The highest BCUT2D eigenvalue weighted by Gasteiger charge is 3.01. The molecule has 9 atom stereocenters. The molecule has 6 heterocycles. The number of epoxide rings is 3. The molecular formula is C44H51N2O7+. The number of ether oxygens (including phenoxy) is 5. The van der Waals surface area contributed by atoms with Gasteiger partial charge in [-0.2, -0.15) is 0 Å². The Morgan fingerprint density at radius 2 is 1.79 bits per heavy atom. The number of aromatic nitrogens is 2. The zero-order chi connectivity index (χ0) is 36.2. The number of rotatable bonds is 13. The first kappa shape index (κ1) is 33.8. The van der Waals surface area contributed by atoms with Crippen LogP contribution in [0.5, 0.6) is 0 Å². The number of aromatic amines is 1. The summed E-state index contributed by atoms with van der Waals surface area (Å²) in [5.74, 6) is -0.00140.